The molecule has 0 fully saturated rings. The van der Waals surface area contributed by atoms with Crippen molar-refractivity contribution in [2.24, 2.45) is 0 Å². The SMILES string of the molecule is CS(=O)(=O)SCCC(=O)NCCNc1cccc2c(S(=O)(=O)O)cccc12.[Na]. The van der Waals surface area contributed by atoms with E-state index in [4.69, 9.17) is 0 Å². The van der Waals surface area contributed by atoms with Gasteiger partial charge in [-0.3, -0.25) is 9.35 Å². The third kappa shape index (κ3) is 7.90. The van der Waals surface area contributed by atoms with Gasteiger partial charge in [0.15, 0.2) is 8.87 Å². The van der Waals surface area contributed by atoms with Gasteiger partial charge in [0.2, 0.25) is 5.91 Å². The molecule has 2 rings (SSSR count). The number of carbonyl (C=O) groups is 1. The average Bonchev–Trinajstić information content (AvgIpc) is 2.56. The zero-order valence-electron chi connectivity index (χ0n) is 15.5. The van der Waals surface area contributed by atoms with Crippen LogP contribution in [0.25, 0.3) is 10.8 Å². The van der Waals surface area contributed by atoms with Crippen LogP contribution in [0.15, 0.2) is 41.3 Å². The molecule has 0 aliphatic carbocycles. The maximum atomic E-state index is 11.7. The molecule has 0 heterocycles. The van der Waals surface area contributed by atoms with E-state index in [0.29, 0.717) is 29.5 Å². The molecule has 0 unspecified atom stereocenters. The predicted octanol–water partition coefficient (Wildman–Crippen LogP) is 1.32. The van der Waals surface area contributed by atoms with Gasteiger partial charge in [-0.25, -0.2) is 8.42 Å². The largest absolute Gasteiger partial charge is 0.383 e. The molecule has 0 aliphatic heterocycles. The van der Waals surface area contributed by atoms with E-state index in [9.17, 15) is 26.2 Å². The molecule has 0 saturated carbocycles. The first kappa shape index (κ1) is 25.2. The average molecular weight is 456 g/mol. The molecular formula is C16H20N2NaO6S3. The van der Waals surface area contributed by atoms with E-state index in [1.165, 1.54) is 12.1 Å². The van der Waals surface area contributed by atoms with Crippen LogP contribution >= 0.6 is 10.8 Å². The van der Waals surface area contributed by atoms with Gasteiger partial charge in [-0.05, 0) is 22.9 Å². The van der Waals surface area contributed by atoms with Gasteiger partial charge in [0.05, 0.1) is 0 Å². The number of rotatable bonds is 9. The molecule has 12 heteroatoms. The van der Waals surface area contributed by atoms with Crippen LogP contribution in [-0.4, -0.2) is 82.0 Å². The Labute approximate surface area is 190 Å². The van der Waals surface area contributed by atoms with E-state index < -0.39 is 19.0 Å². The van der Waals surface area contributed by atoms with E-state index in [1.807, 2.05) is 0 Å². The van der Waals surface area contributed by atoms with Crippen molar-refractivity contribution in [3.63, 3.8) is 0 Å². The van der Waals surface area contributed by atoms with Gasteiger partial charge >= 0.3 is 0 Å². The van der Waals surface area contributed by atoms with Gasteiger partial charge in [0.1, 0.15) is 4.90 Å². The third-order valence-corrected chi connectivity index (χ3v) is 7.04. The molecule has 2 aromatic carbocycles. The zero-order valence-corrected chi connectivity index (χ0v) is 20.0. The molecule has 28 heavy (non-hydrogen) atoms. The summed E-state index contributed by atoms with van der Waals surface area (Å²) < 4.78 is 54.3. The summed E-state index contributed by atoms with van der Waals surface area (Å²) in [5.74, 6) is -0.0562. The van der Waals surface area contributed by atoms with Gasteiger partial charge in [-0.1, -0.05) is 24.3 Å². The predicted molar refractivity (Wildman–Crippen MR) is 113 cm³/mol. The number of nitrogens with one attached hydrogen (secondary N) is 2. The molecule has 0 saturated heterocycles. The second-order valence-corrected chi connectivity index (χ2v) is 11.7. The van der Waals surface area contributed by atoms with Crippen LogP contribution in [-0.2, 0) is 23.8 Å². The molecule has 0 bridgehead atoms. The van der Waals surface area contributed by atoms with Gasteiger partial charge < -0.3 is 10.6 Å². The normalized spacial score (nSPS) is 11.6. The van der Waals surface area contributed by atoms with Crippen molar-refractivity contribution in [2.45, 2.75) is 11.3 Å². The number of hydrogen-bond donors (Lipinski definition) is 3. The second kappa shape index (κ2) is 10.8. The van der Waals surface area contributed by atoms with Crippen molar-refractivity contribution < 1.29 is 26.2 Å². The molecule has 0 aromatic heterocycles. The van der Waals surface area contributed by atoms with Gasteiger partial charge in [0, 0.05) is 77.5 Å². The van der Waals surface area contributed by atoms with E-state index >= 15 is 0 Å². The Morgan fingerprint density at radius 1 is 1.04 bits per heavy atom. The van der Waals surface area contributed by atoms with Crippen LogP contribution in [0.2, 0.25) is 0 Å². The summed E-state index contributed by atoms with van der Waals surface area (Å²) in [5.41, 5.74) is 0.667. The molecule has 3 N–H and O–H groups in total. The summed E-state index contributed by atoms with van der Waals surface area (Å²) in [6.07, 6.45) is 1.20. The van der Waals surface area contributed by atoms with Crippen molar-refractivity contribution in [1.82, 2.24) is 5.32 Å². The van der Waals surface area contributed by atoms with Crippen LogP contribution < -0.4 is 10.6 Å². The maximum absolute atomic E-state index is 11.7. The van der Waals surface area contributed by atoms with Gasteiger partial charge in [-0.2, -0.15) is 8.42 Å². The van der Waals surface area contributed by atoms with Crippen molar-refractivity contribution in [3.8, 4) is 0 Å². The van der Waals surface area contributed by atoms with Crippen molar-refractivity contribution in [3.05, 3.63) is 36.4 Å². The Morgan fingerprint density at radius 2 is 1.68 bits per heavy atom. The van der Waals surface area contributed by atoms with Crippen molar-refractivity contribution >= 4 is 81.7 Å². The van der Waals surface area contributed by atoms with E-state index in [1.54, 1.807) is 24.3 Å². The Kier molecular flexibility index (Phi) is 9.74. The minimum absolute atomic E-state index is 0. The molecule has 1 amide bonds. The monoisotopic (exact) mass is 455 g/mol. The van der Waals surface area contributed by atoms with Crippen LogP contribution in [0.5, 0.6) is 0 Å². The maximum Gasteiger partial charge on any atom is 0.295 e. The second-order valence-electron chi connectivity index (χ2n) is 5.68. The molecule has 1 radical (unpaired) electrons. The molecule has 8 nitrogen and oxygen atoms in total. The number of hydrogen-bond acceptors (Lipinski definition) is 7. The Morgan fingerprint density at radius 3 is 2.32 bits per heavy atom. The van der Waals surface area contributed by atoms with Crippen LogP contribution in [0.1, 0.15) is 6.42 Å². The Hall–Kier alpha value is -0.820. The topological polar surface area (TPSA) is 130 Å². The van der Waals surface area contributed by atoms with Gasteiger partial charge in [-0.15, -0.1) is 0 Å². The third-order valence-electron chi connectivity index (χ3n) is 3.55. The number of amides is 1. The summed E-state index contributed by atoms with van der Waals surface area (Å²) in [7, 11) is -6.75. The Balaban J connectivity index is 0.00000392. The van der Waals surface area contributed by atoms with Crippen molar-refractivity contribution in [1.29, 1.82) is 0 Å². The summed E-state index contributed by atoms with van der Waals surface area (Å²) >= 11 is 0. The summed E-state index contributed by atoms with van der Waals surface area (Å²) in [4.78, 5) is 11.5. The number of benzene rings is 2. The minimum Gasteiger partial charge on any atom is -0.383 e. The first-order chi connectivity index (χ1) is 12.6. The summed E-state index contributed by atoms with van der Waals surface area (Å²) in [5, 5.41) is 6.81. The molecule has 0 spiro atoms. The fourth-order valence-corrected chi connectivity index (χ4v) is 4.87. The molecule has 0 atom stereocenters. The smallest absolute Gasteiger partial charge is 0.295 e. The zero-order chi connectivity index (χ0) is 20.1. The Bertz CT molecular complexity index is 1040. The summed E-state index contributed by atoms with van der Waals surface area (Å²) in [6.45, 7) is 0.705. The van der Waals surface area contributed by atoms with Crippen LogP contribution in [0.3, 0.4) is 0 Å². The number of carbonyl (C=O) groups excluding carboxylic acids is 1. The molecular weight excluding hydrogens is 435 g/mol. The molecule has 149 valence electrons. The number of anilines is 1. The fourth-order valence-electron chi connectivity index (χ4n) is 2.43. The first-order valence-electron chi connectivity index (χ1n) is 7.92. The standard InChI is InChI=1S/C16H20N2O6S3.Na/c1-26(20,21)25-11-8-16(19)18-10-9-17-14-6-2-5-13-12(14)4-3-7-15(13)27(22,23)24;/h2-7,17H,8-11H2,1H3,(H,18,19)(H,22,23,24);. The van der Waals surface area contributed by atoms with Crippen molar-refractivity contribution in [2.75, 3.05) is 30.4 Å². The van der Waals surface area contributed by atoms with Crippen LogP contribution in [0, 0.1) is 0 Å². The number of fused-ring (bicyclic) bond motifs is 1. The fraction of sp³-hybridized carbons (Fsp3) is 0.312. The van der Waals surface area contributed by atoms with Crippen LogP contribution in [0.4, 0.5) is 5.69 Å². The minimum atomic E-state index is -4.33. The van der Waals surface area contributed by atoms with E-state index in [2.05, 4.69) is 10.6 Å². The first-order valence-corrected chi connectivity index (χ1v) is 12.8. The molecule has 0 aliphatic rings. The quantitative estimate of drug-likeness (QED) is 0.223. The molecule has 2 aromatic rings. The van der Waals surface area contributed by atoms with E-state index in [0.717, 1.165) is 17.0 Å². The summed E-state index contributed by atoms with van der Waals surface area (Å²) in [6, 6.07) is 9.63. The van der Waals surface area contributed by atoms with Gasteiger partial charge in [0.25, 0.3) is 10.1 Å². The van der Waals surface area contributed by atoms with E-state index in [-0.39, 0.29) is 52.5 Å².